The summed E-state index contributed by atoms with van der Waals surface area (Å²) in [6, 6.07) is 8.15. The summed E-state index contributed by atoms with van der Waals surface area (Å²) in [5.74, 6) is -8.23. The standard InChI is InChI=1S/C42H60N7O16.3C4H9.Sn/c50-32(13-5-2-8-18-43-33(51)14-6-7-15-41(63)65-49-34(52)16-17-35(49)53)25-46(28-38(57)58)23-21-45(27-37(55)56)22-24-47(29-39(59)60)26-36(54)48(30-40(61)62)20-10-9-19-44-42(64)31-11-3-1-4-12-31;3*1-3-4-2;/h1,3,11-12H,2,5-10,13-30H2,(H,43,51)(H,44,64)(H,55,56)(H,57,58)(H,59,60)(H,61,62);3*1,3-4H2,2H3;. The number of carbonyl (C=O) groups is 11. The molecule has 78 heavy (non-hydrogen) atoms. The number of rotatable bonds is 46. The summed E-state index contributed by atoms with van der Waals surface area (Å²) in [4.78, 5) is 145. The molecule has 23 nitrogen and oxygen atoms in total. The van der Waals surface area contributed by atoms with Crippen LogP contribution in [0, 0.1) is 0 Å². The zero-order valence-corrected chi connectivity index (χ0v) is 49.1. The number of carboxylic acid groups (broad SMARTS) is 4. The van der Waals surface area contributed by atoms with E-state index in [1.165, 1.54) is 50.9 Å². The maximum absolute atomic E-state index is 13.6. The summed E-state index contributed by atoms with van der Waals surface area (Å²) in [5.41, 5.74) is 0.613. The van der Waals surface area contributed by atoms with Crippen molar-refractivity contribution in [1.29, 1.82) is 0 Å². The van der Waals surface area contributed by atoms with Gasteiger partial charge in [-0.2, -0.15) is 0 Å². The van der Waals surface area contributed by atoms with Crippen molar-refractivity contribution in [2.24, 2.45) is 0 Å². The van der Waals surface area contributed by atoms with Gasteiger partial charge in [0.15, 0.2) is 0 Å². The minimum atomic E-state index is -2.79. The number of hydrogen-bond donors (Lipinski definition) is 6. The molecular weight excluding hydrogens is 1120 g/mol. The van der Waals surface area contributed by atoms with Crippen LogP contribution in [0.5, 0.6) is 0 Å². The third-order valence-electron chi connectivity index (χ3n) is 13.6. The monoisotopic (exact) mass is 1210 g/mol. The van der Waals surface area contributed by atoms with E-state index in [9.17, 15) is 73.2 Å². The molecule has 0 atom stereocenters. The van der Waals surface area contributed by atoms with Gasteiger partial charge in [-0.1, -0.05) is 6.42 Å². The van der Waals surface area contributed by atoms with Gasteiger partial charge in [0.05, 0.1) is 26.2 Å². The van der Waals surface area contributed by atoms with Crippen LogP contribution in [0.1, 0.15) is 147 Å². The Labute approximate surface area is 462 Å². The molecule has 0 radical (unpaired) electrons. The molecule has 1 aromatic carbocycles. The fraction of sp³-hybridized carbons (Fsp3) is 0.685. The molecular formula is C54H87N7O16Sn. The Kier molecular flexibility index (Phi) is 34.2. The number of hydrogen-bond acceptors (Lipinski definition) is 15. The van der Waals surface area contributed by atoms with E-state index >= 15 is 0 Å². The second kappa shape index (κ2) is 38.9. The molecule has 0 spiro atoms. The average Bonchev–Trinajstić information content (AvgIpc) is 3.70. The molecule has 0 bridgehead atoms. The van der Waals surface area contributed by atoms with Crippen molar-refractivity contribution in [2.75, 3.05) is 85.1 Å². The second-order valence-corrected chi connectivity index (χ2v) is 33.4. The van der Waals surface area contributed by atoms with Crippen LogP contribution in [0.4, 0.5) is 0 Å². The van der Waals surface area contributed by atoms with Crippen molar-refractivity contribution in [3.05, 3.63) is 29.8 Å². The number of amides is 5. The van der Waals surface area contributed by atoms with Gasteiger partial charge in [-0.05, 0) is 25.7 Å². The minimum absolute atomic E-state index is 0.00738. The SMILES string of the molecule is CCC[CH2][Sn]([CH2]CCC)([CH2]CCC)[c]1cccc(C(=O)NCCCCN(CC(=O)O)C(=O)CN(CCN(CCN(CC(=O)O)CC(=O)CCCCCNC(=O)CCCCC(=O)ON2C(=O)CCC2=O)CC(=O)O)CC(=O)O)c1. The molecule has 1 saturated heterocycles. The summed E-state index contributed by atoms with van der Waals surface area (Å²) < 4.78 is 5.20. The Balaban J connectivity index is 1.88. The van der Waals surface area contributed by atoms with Crippen LogP contribution in [-0.2, 0) is 52.8 Å². The van der Waals surface area contributed by atoms with Crippen molar-refractivity contribution in [2.45, 2.75) is 150 Å². The second-order valence-electron chi connectivity index (χ2n) is 20.2. The summed E-state index contributed by atoms with van der Waals surface area (Å²) >= 11 is -2.79. The van der Waals surface area contributed by atoms with Crippen molar-refractivity contribution in [3.63, 3.8) is 0 Å². The number of nitrogens with zero attached hydrogens (tertiary/aromatic N) is 5. The van der Waals surface area contributed by atoms with E-state index in [2.05, 4.69) is 43.5 Å². The Morgan fingerprint density at radius 2 is 1.05 bits per heavy atom. The number of ketones is 1. The first kappa shape index (κ1) is 68.6. The quantitative estimate of drug-likeness (QED) is 0.0308. The van der Waals surface area contributed by atoms with E-state index in [4.69, 9.17) is 4.84 Å². The van der Waals surface area contributed by atoms with Crippen molar-refractivity contribution >= 4 is 87.1 Å². The van der Waals surface area contributed by atoms with Crippen molar-refractivity contribution < 1.29 is 78.0 Å². The molecule has 1 aromatic rings. The van der Waals surface area contributed by atoms with Crippen LogP contribution in [0.3, 0.4) is 0 Å². The van der Waals surface area contributed by atoms with E-state index in [0.29, 0.717) is 62.1 Å². The molecule has 0 unspecified atom stereocenters. The summed E-state index contributed by atoms with van der Waals surface area (Å²) in [5, 5.41) is 44.8. The van der Waals surface area contributed by atoms with Gasteiger partial charge in [-0.3, -0.25) is 53.1 Å². The van der Waals surface area contributed by atoms with Crippen LogP contribution in [0.15, 0.2) is 24.3 Å². The first-order chi connectivity index (χ1) is 37.2. The molecule has 438 valence electrons. The molecule has 0 aliphatic carbocycles. The Hall–Kier alpha value is -5.53. The Bertz CT molecular complexity index is 2090. The number of aliphatic carboxylic acids is 4. The van der Waals surface area contributed by atoms with Gasteiger partial charge < -0.3 is 30.6 Å². The van der Waals surface area contributed by atoms with Crippen molar-refractivity contribution in [3.8, 4) is 0 Å². The Morgan fingerprint density at radius 3 is 1.62 bits per heavy atom. The zero-order chi connectivity index (χ0) is 57.9. The number of imide groups is 1. The van der Waals surface area contributed by atoms with Crippen molar-refractivity contribution in [1.82, 2.24) is 35.3 Å². The molecule has 1 heterocycles. The van der Waals surface area contributed by atoms with E-state index in [1.54, 1.807) is 0 Å². The molecule has 2 rings (SSSR count). The third kappa shape index (κ3) is 28.9. The van der Waals surface area contributed by atoms with Gasteiger partial charge in [0.1, 0.15) is 5.78 Å². The van der Waals surface area contributed by atoms with Gasteiger partial charge in [0.25, 0.3) is 11.8 Å². The summed E-state index contributed by atoms with van der Waals surface area (Å²) in [6.07, 6.45) is 10.2. The van der Waals surface area contributed by atoms with E-state index < -0.39 is 98.7 Å². The van der Waals surface area contributed by atoms with E-state index in [0.717, 1.165) is 24.2 Å². The Morgan fingerprint density at radius 1 is 0.551 bits per heavy atom. The number of unbranched alkanes of at least 4 members (excludes halogenated alkanes) is 7. The van der Waals surface area contributed by atoms with Crippen LogP contribution < -0.4 is 14.2 Å². The van der Waals surface area contributed by atoms with Crippen LogP contribution in [-0.4, -0.2) is 214 Å². The molecule has 0 aromatic heterocycles. The first-order valence-electron chi connectivity index (χ1n) is 27.8. The number of hydroxylamine groups is 2. The maximum atomic E-state index is 13.6. The molecule has 5 amide bonds. The van der Waals surface area contributed by atoms with Crippen LogP contribution >= 0.6 is 0 Å². The van der Waals surface area contributed by atoms with Crippen LogP contribution in [0.25, 0.3) is 0 Å². The van der Waals surface area contributed by atoms with E-state index in [1.807, 2.05) is 12.1 Å². The number of carbonyl (C=O) groups excluding carboxylic acids is 7. The summed E-state index contributed by atoms with van der Waals surface area (Å²) in [6.45, 7) is 4.03. The predicted octanol–water partition coefficient (Wildman–Crippen LogP) is 3.74. The molecule has 0 saturated carbocycles. The fourth-order valence-electron chi connectivity index (χ4n) is 9.29. The van der Waals surface area contributed by atoms with Gasteiger partial charge >= 0.3 is 225 Å². The molecule has 1 aliphatic rings. The third-order valence-corrected chi connectivity index (χ3v) is 29.2. The van der Waals surface area contributed by atoms with Gasteiger partial charge in [0, 0.05) is 64.8 Å². The first-order valence-corrected chi connectivity index (χ1v) is 35.3. The molecule has 6 N–H and O–H groups in total. The predicted molar refractivity (Wildman–Crippen MR) is 291 cm³/mol. The van der Waals surface area contributed by atoms with E-state index in [-0.39, 0.29) is 95.5 Å². The number of benzene rings is 1. The number of nitrogens with one attached hydrogen (secondary N) is 2. The molecule has 1 fully saturated rings. The summed E-state index contributed by atoms with van der Waals surface area (Å²) in [7, 11) is 0. The average molecular weight is 1210 g/mol. The van der Waals surface area contributed by atoms with Gasteiger partial charge in [-0.15, -0.1) is 5.06 Å². The molecule has 24 heteroatoms. The fourth-order valence-corrected chi connectivity index (χ4v) is 25.3. The topological polar surface area (TPSA) is 318 Å². The molecule has 1 aliphatic heterocycles. The number of Topliss-reactive ketones (excluding diaryl/α,β-unsaturated/α-hetero) is 1. The van der Waals surface area contributed by atoms with Gasteiger partial charge in [-0.25, -0.2) is 4.79 Å². The van der Waals surface area contributed by atoms with Gasteiger partial charge in [0.2, 0.25) is 5.91 Å². The zero-order valence-electron chi connectivity index (χ0n) is 46.3. The number of carboxylic acids is 4. The normalized spacial score (nSPS) is 12.6. The van der Waals surface area contributed by atoms with Crippen LogP contribution in [0.2, 0.25) is 13.3 Å².